The van der Waals surface area contributed by atoms with Crippen LogP contribution in [-0.2, 0) is 17.4 Å². The number of aliphatic hydroxyl groups is 1. The number of aromatic amines is 1. The lowest BCUT2D eigenvalue weighted by molar-refractivity contribution is -0.164. The quantitative estimate of drug-likeness (QED) is 0.112. The average Bonchev–Trinajstić information content (AvgIpc) is 3.78. The summed E-state index contributed by atoms with van der Waals surface area (Å²) >= 11 is 6.26. The molecule has 2 aliphatic heterocycles. The number of nitrogens with zero attached hydrogens (tertiary/aromatic N) is 6. The molecule has 0 atom stereocenters. The zero-order valence-corrected chi connectivity index (χ0v) is 39.7. The van der Waals surface area contributed by atoms with Crippen LogP contribution in [0.2, 0.25) is 5.02 Å². The van der Waals surface area contributed by atoms with Gasteiger partial charge in [-0.05, 0) is 88.3 Å². The van der Waals surface area contributed by atoms with E-state index in [1.54, 1.807) is 62.3 Å². The summed E-state index contributed by atoms with van der Waals surface area (Å²) in [6.45, 7) is 15.3. The van der Waals surface area contributed by atoms with Gasteiger partial charge in [0, 0.05) is 104 Å². The molecule has 2 aliphatic carbocycles. The second kappa shape index (κ2) is 17.6. The van der Waals surface area contributed by atoms with E-state index >= 15 is 0 Å². The van der Waals surface area contributed by atoms with Crippen molar-refractivity contribution in [3.05, 3.63) is 99.3 Å². The Bertz CT molecular complexity index is 2680. The number of rotatable bonds is 12. The number of hydrogen-bond donors (Lipinski definition) is 3. The first kappa shape index (κ1) is 45.7. The molecule has 348 valence electrons. The van der Waals surface area contributed by atoms with Crippen molar-refractivity contribution >= 4 is 34.4 Å². The predicted octanol–water partition coefficient (Wildman–Crippen LogP) is 7.75. The lowest BCUT2D eigenvalue weighted by Gasteiger charge is -2.63. The van der Waals surface area contributed by atoms with Crippen molar-refractivity contribution in [2.75, 3.05) is 31.1 Å². The molecule has 3 N–H and O–H groups in total. The van der Waals surface area contributed by atoms with E-state index in [0.29, 0.717) is 39.4 Å². The number of aromatic nitrogens is 4. The summed E-state index contributed by atoms with van der Waals surface area (Å²) in [7, 11) is 1.76. The molecule has 0 unspecified atom stereocenters. The third kappa shape index (κ3) is 8.78. The lowest BCUT2D eigenvalue weighted by Crippen LogP contribution is -2.74. The molecule has 3 aromatic heterocycles. The standard InChI is InChI=1S/C51H61ClN8O6/c1-49(2)46(50(3,4)47(49)66-36-12-8-30(24-53)41(52)23-36)57-44(61)31-25-55-48(56-26-31)59-20-17-35(18-21-59)64-37-27-60(28-37)33-10-13-34(14-11-33)65-42-15-9-32(51(5,6)63)22-39(42)40-29-58(7)45(62)43-38(40)16-19-54-43/h8-9,12,15-16,19,22-23,25-26,29,33-35,37,46-47,54,63H,10-11,13-14,17-18,20-21,27-28H2,1-7H3,(H,57,61). The van der Waals surface area contributed by atoms with E-state index in [2.05, 4.69) is 63.8 Å². The largest absolute Gasteiger partial charge is 0.490 e. The van der Waals surface area contributed by atoms with Crippen LogP contribution in [0.25, 0.3) is 22.0 Å². The van der Waals surface area contributed by atoms with Crippen LogP contribution in [0.4, 0.5) is 5.95 Å². The van der Waals surface area contributed by atoms with E-state index < -0.39 is 5.60 Å². The first-order chi connectivity index (χ1) is 31.4. The van der Waals surface area contributed by atoms with Crippen molar-refractivity contribution in [3.63, 3.8) is 0 Å². The lowest BCUT2D eigenvalue weighted by atomic mass is 9.49. The fourth-order valence-electron chi connectivity index (χ4n) is 11.1. The number of aryl methyl sites for hydroxylation is 1. The smallest absolute Gasteiger partial charge is 0.274 e. The van der Waals surface area contributed by atoms with Crippen molar-refractivity contribution < 1.29 is 24.1 Å². The van der Waals surface area contributed by atoms with Gasteiger partial charge in [0.2, 0.25) is 5.95 Å². The van der Waals surface area contributed by atoms with Crippen LogP contribution in [0.15, 0.2) is 72.0 Å². The highest BCUT2D eigenvalue weighted by Gasteiger charge is 2.64. The van der Waals surface area contributed by atoms with Crippen molar-refractivity contribution in [1.29, 1.82) is 5.26 Å². The molecule has 4 aliphatic rings. The summed E-state index contributed by atoms with van der Waals surface area (Å²) in [5.41, 5.74) is 2.00. The minimum atomic E-state index is -1.03. The summed E-state index contributed by atoms with van der Waals surface area (Å²) in [6, 6.07) is 15.3. The van der Waals surface area contributed by atoms with E-state index in [9.17, 15) is 20.0 Å². The minimum Gasteiger partial charge on any atom is -0.490 e. The minimum absolute atomic E-state index is 0.0720. The summed E-state index contributed by atoms with van der Waals surface area (Å²) in [5, 5.41) is 24.5. The number of halogens is 1. The maximum absolute atomic E-state index is 13.5. The molecular weight excluding hydrogens is 856 g/mol. The third-order valence-electron chi connectivity index (χ3n) is 14.6. The van der Waals surface area contributed by atoms with Crippen LogP contribution in [-0.4, -0.2) is 98.1 Å². The Kier molecular flexibility index (Phi) is 12.2. The predicted molar refractivity (Wildman–Crippen MR) is 254 cm³/mol. The van der Waals surface area contributed by atoms with Gasteiger partial charge in [-0.3, -0.25) is 14.5 Å². The van der Waals surface area contributed by atoms with Crippen LogP contribution in [0.1, 0.15) is 102 Å². The average molecular weight is 918 g/mol. The number of carbonyl (C=O) groups excluding carboxylic acids is 1. The van der Waals surface area contributed by atoms with Crippen molar-refractivity contribution in [2.45, 2.75) is 122 Å². The maximum atomic E-state index is 13.5. The Hall–Kier alpha value is -5.46. The molecule has 14 nitrogen and oxygen atoms in total. The van der Waals surface area contributed by atoms with Gasteiger partial charge in [-0.1, -0.05) is 45.4 Å². The van der Waals surface area contributed by atoms with E-state index in [1.807, 2.05) is 30.5 Å². The third-order valence-corrected chi connectivity index (χ3v) is 15.0. The van der Waals surface area contributed by atoms with E-state index in [1.165, 1.54) is 0 Å². The van der Waals surface area contributed by atoms with Gasteiger partial charge in [-0.2, -0.15) is 5.26 Å². The summed E-state index contributed by atoms with van der Waals surface area (Å²) in [4.78, 5) is 43.4. The van der Waals surface area contributed by atoms with E-state index in [-0.39, 0.29) is 52.8 Å². The molecule has 2 saturated heterocycles. The molecule has 5 heterocycles. The van der Waals surface area contributed by atoms with Gasteiger partial charge in [0.25, 0.3) is 11.5 Å². The SMILES string of the molecule is Cn1cc(-c2cc(C(C)(C)O)ccc2OC2CCC(N3CC(OC4CCN(c5ncc(C(=O)NC6C(C)(C)C(Oc7ccc(C#N)c(Cl)c7)C6(C)C)cn5)CC4)C3)CC2)c2cc[nH]c2c1=O. The summed E-state index contributed by atoms with van der Waals surface area (Å²) in [6.07, 6.45) is 12.9. The number of likely N-dealkylation sites (tertiary alicyclic amines) is 1. The molecule has 2 saturated carbocycles. The zero-order chi connectivity index (χ0) is 46.7. The number of fused-ring (bicyclic) bond motifs is 1. The van der Waals surface area contributed by atoms with Crippen LogP contribution in [0, 0.1) is 22.2 Å². The molecule has 4 fully saturated rings. The van der Waals surface area contributed by atoms with E-state index in [0.717, 1.165) is 92.5 Å². The molecule has 0 bridgehead atoms. The highest BCUT2D eigenvalue weighted by Crippen LogP contribution is 2.55. The Morgan fingerprint density at radius 1 is 0.924 bits per heavy atom. The van der Waals surface area contributed by atoms with Crippen LogP contribution >= 0.6 is 11.6 Å². The molecule has 1 amide bonds. The second-order valence-corrected chi connectivity index (χ2v) is 20.9. The van der Waals surface area contributed by atoms with Crippen LogP contribution in [0.3, 0.4) is 0 Å². The summed E-state index contributed by atoms with van der Waals surface area (Å²) < 4.78 is 21.3. The van der Waals surface area contributed by atoms with E-state index in [4.69, 9.17) is 25.8 Å². The zero-order valence-electron chi connectivity index (χ0n) is 38.9. The van der Waals surface area contributed by atoms with Gasteiger partial charge in [0.1, 0.15) is 29.2 Å². The molecule has 0 radical (unpaired) electrons. The topological polar surface area (TPSA) is 171 Å². The fraction of sp³-hybridized carbons (Fsp3) is 0.510. The van der Waals surface area contributed by atoms with Crippen molar-refractivity contribution in [2.24, 2.45) is 17.9 Å². The number of piperidine rings is 1. The second-order valence-electron chi connectivity index (χ2n) is 20.5. The number of hydrogen-bond acceptors (Lipinski definition) is 11. The normalized spacial score (nSPS) is 23.4. The molecule has 5 aromatic rings. The number of benzene rings is 2. The Labute approximate surface area is 391 Å². The Balaban J connectivity index is 0.718. The number of nitriles is 1. The fourth-order valence-corrected chi connectivity index (χ4v) is 11.4. The van der Waals surface area contributed by atoms with Crippen LogP contribution < -0.4 is 25.2 Å². The monoisotopic (exact) mass is 916 g/mol. The number of pyridine rings is 1. The van der Waals surface area contributed by atoms with Gasteiger partial charge in [-0.25, -0.2) is 9.97 Å². The molecule has 0 spiro atoms. The molecule has 66 heavy (non-hydrogen) atoms. The van der Waals surface area contributed by atoms with Gasteiger partial charge < -0.3 is 39.1 Å². The number of carbonyl (C=O) groups is 1. The highest BCUT2D eigenvalue weighted by atomic mass is 35.5. The van der Waals surface area contributed by atoms with Gasteiger partial charge in [0.05, 0.1) is 40.1 Å². The Morgan fingerprint density at radius 2 is 1.62 bits per heavy atom. The van der Waals surface area contributed by atoms with Crippen molar-refractivity contribution in [1.82, 2.24) is 29.7 Å². The number of H-pyrrole nitrogens is 1. The van der Waals surface area contributed by atoms with Gasteiger partial charge >= 0.3 is 0 Å². The highest BCUT2D eigenvalue weighted by molar-refractivity contribution is 6.31. The first-order valence-corrected chi connectivity index (χ1v) is 23.6. The summed E-state index contributed by atoms with van der Waals surface area (Å²) in [5.74, 6) is 1.74. The first-order valence-electron chi connectivity index (χ1n) is 23.2. The van der Waals surface area contributed by atoms with Gasteiger partial charge in [-0.15, -0.1) is 0 Å². The van der Waals surface area contributed by atoms with Gasteiger partial charge in [0.15, 0.2) is 0 Å². The molecule has 15 heteroatoms. The van der Waals surface area contributed by atoms with Crippen LogP contribution in [0.5, 0.6) is 11.5 Å². The molecule has 9 rings (SSSR count). The maximum Gasteiger partial charge on any atom is 0.274 e. The number of amides is 1. The Morgan fingerprint density at radius 3 is 2.27 bits per heavy atom. The van der Waals surface area contributed by atoms with Crippen molar-refractivity contribution in [3.8, 4) is 28.7 Å². The molecular formula is C51H61ClN8O6. The number of anilines is 1. The number of ether oxygens (including phenoxy) is 3. The molecule has 2 aromatic carbocycles. The number of nitrogens with one attached hydrogen (secondary N) is 2.